The predicted octanol–water partition coefficient (Wildman–Crippen LogP) is 6.39. The molecule has 0 radical (unpaired) electrons. The summed E-state index contributed by atoms with van der Waals surface area (Å²) in [5.41, 5.74) is 3.18. The Morgan fingerprint density at radius 1 is 0.781 bits per heavy atom. The molecule has 164 valence electrons. The molecule has 0 saturated heterocycles. The van der Waals surface area contributed by atoms with Gasteiger partial charge in [-0.2, -0.15) is 0 Å². The van der Waals surface area contributed by atoms with Crippen LogP contribution in [-0.4, -0.2) is 13.1 Å². The number of fused-ring (bicyclic) bond motifs is 2. The number of rotatable bonds is 6. The van der Waals surface area contributed by atoms with Crippen LogP contribution < -0.4 is 9.47 Å². The molecule has 0 spiro atoms. The van der Waals surface area contributed by atoms with Crippen LogP contribution in [0.5, 0.6) is 11.5 Å². The van der Waals surface area contributed by atoms with E-state index in [-0.39, 0.29) is 17.3 Å². The first-order valence-electron chi connectivity index (χ1n) is 11.6. The van der Waals surface area contributed by atoms with E-state index in [0.29, 0.717) is 11.7 Å². The van der Waals surface area contributed by atoms with Crippen LogP contribution in [-0.2, 0) is 10.2 Å². The Kier molecular flexibility index (Phi) is 5.50. The van der Waals surface area contributed by atoms with Crippen LogP contribution in [0.25, 0.3) is 0 Å². The van der Waals surface area contributed by atoms with Crippen molar-refractivity contribution in [3.63, 3.8) is 0 Å². The van der Waals surface area contributed by atoms with Crippen molar-refractivity contribution >= 4 is 5.97 Å². The SMILES string of the molecule is COc1ccc(C(C)(c2ccccc2)c2ccc(OC(=O)C3CC4CCC3C4)cc2)cc1. The molecule has 3 aromatic rings. The smallest absolute Gasteiger partial charge is 0.314 e. The largest absolute Gasteiger partial charge is 0.497 e. The molecule has 2 fully saturated rings. The molecule has 4 atom stereocenters. The lowest BCUT2D eigenvalue weighted by Crippen LogP contribution is -2.26. The summed E-state index contributed by atoms with van der Waals surface area (Å²) < 4.78 is 11.2. The van der Waals surface area contributed by atoms with Gasteiger partial charge in [0, 0.05) is 5.41 Å². The van der Waals surface area contributed by atoms with Gasteiger partial charge in [-0.05, 0) is 79.0 Å². The zero-order valence-electron chi connectivity index (χ0n) is 18.8. The number of benzene rings is 3. The highest BCUT2D eigenvalue weighted by molar-refractivity contribution is 5.76. The minimum Gasteiger partial charge on any atom is -0.497 e. The molecule has 32 heavy (non-hydrogen) atoms. The second-order valence-corrected chi connectivity index (χ2v) is 9.45. The summed E-state index contributed by atoms with van der Waals surface area (Å²) in [5.74, 6) is 2.77. The summed E-state index contributed by atoms with van der Waals surface area (Å²) >= 11 is 0. The molecule has 0 aromatic heterocycles. The maximum absolute atomic E-state index is 12.8. The molecular weight excluding hydrogens is 396 g/mol. The predicted molar refractivity (Wildman–Crippen MR) is 126 cm³/mol. The highest BCUT2D eigenvalue weighted by Gasteiger charge is 2.44. The van der Waals surface area contributed by atoms with Crippen molar-refractivity contribution < 1.29 is 14.3 Å². The van der Waals surface area contributed by atoms with Crippen LogP contribution in [0, 0.1) is 17.8 Å². The topological polar surface area (TPSA) is 35.5 Å². The lowest BCUT2D eigenvalue weighted by atomic mass is 9.71. The molecule has 0 amide bonds. The summed E-state index contributed by atoms with van der Waals surface area (Å²) in [6.45, 7) is 2.24. The maximum Gasteiger partial charge on any atom is 0.314 e. The molecular formula is C29H30O3. The number of hydrogen-bond donors (Lipinski definition) is 0. The van der Waals surface area contributed by atoms with Crippen LogP contribution >= 0.6 is 0 Å². The molecule has 0 N–H and O–H groups in total. The van der Waals surface area contributed by atoms with Gasteiger partial charge in [0.25, 0.3) is 0 Å². The molecule has 0 aliphatic heterocycles. The fourth-order valence-corrected chi connectivity index (χ4v) is 5.78. The van der Waals surface area contributed by atoms with Crippen molar-refractivity contribution in [2.24, 2.45) is 17.8 Å². The lowest BCUT2D eigenvalue weighted by molar-refractivity contribution is -0.140. The standard InChI is InChI=1S/C29H30O3/c1-29(22-6-4-3-5-7-22,23-10-14-25(31-2)15-11-23)24-12-16-26(17-13-24)32-28(30)27-19-20-8-9-21(27)18-20/h3-7,10-17,20-21,27H,8-9,18-19H2,1-2H3. The first-order valence-corrected chi connectivity index (χ1v) is 11.6. The molecule has 0 heterocycles. The fraction of sp³-hybridized carbons (Fsp3) is 0.345. The van der Waals surface area contributed by atoms with Crippen molar-refractivity contribution in [3.8, 4) is 11.5 Å². The van der Waals surface area contributed by atoms with Gasteiger partial charge in [-0.3, -0.25) is 4.79 Å². The van der Waals surface area contributed by atoms with Crippen LogP contribution in [0.3, 0.4) is 0 Å². The highest BCUT2D eigenvalue weighted by Crippen LogP contribution is 2.48. The monoisotopic (exact) mass is 426 g/mol. The van der Waals surface area contributed by atoms with Gasteiger partial charge >= 0.3 is 5.97 Å². The number of hydrogen-bond acceptors (Lipinski definition) is 3. The summed E-state index contributed by atoms with van der Waals surface area (Å²) in [4.78, 5) is 12.8. The van der Waals surface area contributed by atoms with Gasteiger partial charge in [0.05, 0.1) is 13.0 Å². The average molecular weight is 427 g/mol. The van der Waals surface area contributed by atoms with Crippen LogP contribution in [0.15, 0.2) is 78.9 Å². The normalized spacial score (nSPS) is 23.5. The molecule has 3 nitrogen and oxygen atoms in total. The van der Waals surface area contributed by atoms with Gasteiger partial charge in [0.2, 0.25) is 0 Å². The quantitative estimate of drug-likeness (QED) is 0.260. The maximum atomic E-state index is 12.8. The average Bonchev–Trinajstić information content (AvgIpc) is 3.49. The fourth-order valence-electron chi connectivity index (χ4n) is 5.78. The number of methoxy groups -OCH3 is 1. The Balaban J connectivity index is 1.42. The van der Waals surface area contributed by atoms with E-state index in [0.717, 1.165) is 23.7 Å². The van der Waals surface area contributed by atoms with Gasteiger partial charge in [-0.1, -0.05) is 61.0 Å². The van der Waals surface area contributed by atoms with Crippen LogP contribution in [0.1, 0.15) is 49.3 Å². The van der Waals surface area contributed by atoms with Gasteiger partial charge in [0.15, 0.2) is 0 Å². The van der Waals surface area contributed by atoms with E-state index in [1.807, 2.05) is 30.3 Å². The minimum atomic E-state index is -0.347. The van der Waals surface area contributed by atoms with Crippen LogP contribution in [0.2, 0.25) is 0 Å². The number of ether oxygens (including phenoxy) is 2. The molecule has 2 aliphatic carbocycles. The molecule has 2 bridgehead atoms. The summed E-state index contributed by atoms with van der Waals surface area (Å²) in [5, 5.41) is 0. The number of carbonyl (C=O) groups is 1. The first kappa shape index (κ1) is 20.8. The van der Waals surface area contributed by atoms with E-state index in [4.69, 9.17) is 9.47 Å². The van der Waals surface area contributed by atoms with E-state index < -0.39 is 0 Å². The van der Waals surface area contributed by atoms with Crippen molar-refractivity contribution in [2.45, 2.75) is 38.0 Å². The number of carbonyl (C=O) groups excluding carboxylic acids is 1. The van der Waals surface area contributed by atoms with Crippen molar-refractivity contribution in [1.82, 2.24) is 0 Å². The molecule has 2 saturated carbocycles. The van der Waals surface area contributed by atoms with Crippen LogP contribution in [0.4, 0.5) is 0 Å². The van der Waals surface area contributed by atoms with E-state index >= 15 is 0 Å². The third kappa shape index (κ3) is 3.70. The Bertz CT molecular complexity index is 1070. The minimum absolute atomic E-state index is 0.0501. The second-order valence-electron chi connectivity index (χ2n) is 9.45. The zero-order chi connectivity index (χ0) is 22.1. The third-order valence-corrected chi connectivity index (χ3v) is 7.71. The van der Waals surface area contributed by atoms with E-state index in [9.17, 15) is 4.79 Å². The molecule has 4 unspecified atom stereocenters. The van der Waals surface area contributed by atoms with Gasteiger partial charge in [0.1, 0.15) is 11.5 Å². The zero-order valence-corrected chi connectivity index (χ0v) is 18.8. The summed E-state index contributed by atoms with van der Waals surface area (Å²) in [7, 11) is 1.68. The number of esters is 1. The molecule has 5 rings (SSSR count). The van der Waals surface area contributed by atoms with Gasteiger partial charge < -0.3 is 9.47 Å². The Morgan fingerprint density at radius 2 is 1.38 bits per heavy atom. The summed E-state index contributed by atoms with van der Waals surface area (Å²) in [6, 6.07) is 26.8. The highest BCUT2D eigenvalue weighted by atomic mass is 16.5. The van der Waals surface area contributed by atoms with Gasteiger partial charge in [-0.15, -0.1) is 0 Å². The first-order chi connectivity index (χ1) is 15.6. The third-order valence-electron chi connectivity index (χ3n) is 7.71. The Labute approximate surface area is 190 Å². The molecule has 3 aromatic carbocycles. The lowest BCUT2D eigenvalue weighted by Gasteiger charge is -2.32. The molecule has 2 aliphatic rings. The Morgan fingerprint density at radius 3 is 1.91 bits per heavy atom. The van der Waals surface area contributed by atoms with E-state index in [2.05, 4.69) is 55.5 Å². The van der Waals surface area contributed by atoms with Gasteiger partial charge in [-0.25, -0.2) is 0 Å². The molecule has 3 heteroatoms. The van der Waals surface area contributed by atoms with Crippen molar-refractivity contribution in [2.75, 3.05) is 7.11 Å². The van der Waals surface area contributed by atoms with E-state index in [1.54, 1.807) is 7.11 Å². The second kappa shape index (κ2) is 8.46. The van der Waals surface area contributed by atoms with Crippen molar-refractivity contribution in [1.29, 1.82) is 0 Å². The van der Waals surface area contributed by atoms with Crippen molar-refractivity contribution in [3.05, 3.63) is 95.6 Å². The summed E-state index contributed by atoms with van der Waals surface area (Å²) in [6.07, 6.45) is 4.67. The van der Waals surface area contributed by atoms with E-state index in [1.165, 1.54) is 30.4 Å². The Hall–Kier alpha value is -3.07.